The van der Waals surface area contributed by atoms with Crippen LogP contribution in [-0.4, -0.2) is 38.1 Å². The Hall–Kier alpha value is -2.53. The van der Waals surface area contributed by atoms with Crippen molar-refractivity contribution in [2.75, 3.05) is 37.4 Å². The fraction of sp³-hybridized carbons (Fsp3) is 0.381. The lowest BCUT2D eigenvalue weighted by Gasteiger charge is -2.18. The Kier molecular flexibility index (Phi) is 7.48. The molecule has 2 amide bonds. The second-order valence-corrected chi connectivity index (χ2v) is 6.50. The quantitative estimate of drug-likeness (QED) is 0.755. The number of nitrogens with one attached hydrogen (secondary N) is 2. The summed E-state index contributed by atoms with van der Waals surface area (Å²) < 4.78 is 0. The Morgan fingerprint density at radius 1 is 0.923 bits per heavy atom. The summed E-state index contributed by atoms with van der Waals surface area (Å²) in [6, 6.07) is 16.0. The van der Waals surface area contributed by atoms with Crippen molar-refractivity contribution in [1.82, 2.24) is 10.2 Å². The minimum absolute atomic E-state index is 0.202. The molecule has 2 aromatic carbocycles. The van der Waals surface area contributed by atoms with Crippen LogP contribution < -0.4 is 15.5 Å². The van der Waals surface area contributed by atoms with E-state index in [0.717, 1.165) is 36.6 Å². The minimum atomic E-state index is -0.202. The highest BCUT2D eigenvalue weighted by Gasteiger charge is 2.07. The molecule has 5 heteroatoms. The third-order valence-electron chi connectivity index (χ3n) is 4.41. The lowest BCUT2D eigenvalue weighted by molar-refractivity contribution is 0.251. The Labute approximate surface area is 157 Å². The van der Waals surface area contributed by atoms with Crippen LogP contribution in [0.4, 0.5) is 16.2 Å². The van der Waals surface area contributed by atoms with Crippen molar-refractivity contribution in [3.05, 3.63) is 59.7 Å². The highest BCUT2D eigenvalue weighted by Crippen LogP contribution is 2.23. The predicted octanol–water partition coefficient (Wildman–Crippen LogP) is 3.92. The van der Waals surface area contributed by atoms with Crippen LogP contribution in [0.5, 0.6) is 0 Å². The Morgan fingerprint density at radius 3 is 2.15 bits per heavy atom. The number of para-hydroxylation sites is 2. The summed E-state index contributed by atoms with van der Waals surface area (Å²) >= 11 is 0. The van der Waals surface area contributed by atoms with Gasteiger partial charge in [0.1, 0.15) is 0 Å². The summed E-state index contributed by atoms with van der Waals surface area (Å²) in [5.74, 6) is 0. The molecule has 0 aliphatic carbocycles. The highest BCUT2D eigenvalue weighted by molar-refractivity contribution is 5.93. The molecule has 0 spiro atoms. The van der Waals surface area contributed by atoms with Crippen molar-refractivity contribution in [3.63, 3.8) is 0 Å². The first-order chi connectivity index (χ1) is 12.5. The topological polar surface area (TPSA) is 47.6 Å². The monoisotopic (exact) mass is 354 g/mol. The van der Waals surface area contributed by atoms with Gasteiger partial charge in [-0.1, -0.05) is 50.2 Å². The van der Waals surface area contributed by atoms with E-state index in [1.165, 1.54) is 5.56 Å². The second-order valence-electron chi connectivity index (χ2n) is 6.50. The molecule has 0 aromatic heterocycles. The van der Waals surface area contributed by atoms with Crippen LogP contribution in [0.15, 0.2) is 48.5 Å². The van der Waals surface area contributed by atoms with E-state index in [0.29, 0.717) is 6.54 Å². The van der Waals surface area contributed by atoms with Crippen LogP contribution in [-0.2, 0) is 13.1 Å². The van der Waals surface area contributed by atoms with Gasteiger partial charge in [0.05, 0.1) is 11.4 Å². The molecular formula is C21H30N4O. The molecule has 0 fully saturated rings. The van der Waals surface area contributed by atoms with Crippen LogP contribution in [0.1, 0.15) is 25.0 Å². The Balaban J connectivity index is 1.88. The summed E-state index contributed by atoms with van der Waals surface area (Å²) in [6.45, 7) is 7.91. The molecule has 0 atom stereocenters. The number of hydrogen-bond acceptors (Lipinski definition) is 3. The van der Waals surface area contributed by atoms with Crippen LogP contribution in [0, 0.1) is 0 Å². The van der Waals surface area contributed by atoms with Gasteiger partial charge >= 0.3 is 6.03 Å². The molecule has 0 saturated heterocycles. The van der Waals surface area contributed by atoms with Gasteiger partial charge in [-0.25, -0.2) is 4.79 Å². The summed E-state index contributed by atoms with van der Waals surface area (Å²) in [5, 5.41) is 5.83. The first kappa shape index (κ1) is 19.8. The molecule has 0 aliphatic heterocycles. The van der Waals surface area contributed by atoms with Crippen LogP contribution in [0.2, 0.25) is 0 Å². The maximum Gasteiger partial charge on any atom is 0.319 e. The SMILES string of the molecule is CCN(CC)Cc1ccc(CNC(=O)Nc2ccccc2N(C)C)cc1. The van der Waals surface area contributed by atoms with E-state index in [-0.39, 0.29) is 6.03 Å². The number of benzene rings is 2. The molecule has 26 heavy (non-hydrogen) atoms. The number of carbonyl (C=O) groups is 1. The van der Waals surface area contributed by atoms with Gasteiger partial charge in [-0.3, -0.25) is 4.90 Å². The predicted molar refractivity (Wildman–Crippen MR) is 110 cm³/mol. The normalized spacial score (nSPS) is 10.7. The van der Waals surface area contributed by atoms with Crippen LogP contribution >= 0.6 is 0 Å². The van der Waals surface area contributed by atoms with E-state index in [2.05, 4.69) is 53.6 Å². The van der Waals surface area contributed by atoms with Crippen molar-refractivity contribution < 1.29 is 4.79 Å². The molecule has 0 heterocycles. The molecule has 5 nitrogen and oxygen atoms in total. The zero-order valence-corrected chi connectivity index (χ0v) is 16.2. The molecule has 0 unspecified atom stereocenters. The molecule has 2 N–H and O–H groups in total. The van der Waals surface area contributed by atoms with E-state index in [4.69, 9.17) is 0 Å². The van der Waals surface area contributed by atoms with E-state index in [1.807, 2.05) is 43.3 Å². The lowest BCUT2D eigenvalue weighted by Crippen LogP contribution is -2.29. The molecule has 140 valence electrons. The van der Waals surface area contributed by atoms with Crippen molar-refractivity contribution in [1.29, 1.82) is 0 Å². The third-order valence-corrected chi connectivity index (χ3v) is 4.41. The number of amides is 2. The molecule has 0 saturated carbocycles. The van der Waals surface area contributed by atoms with Crippen molar-refractivity contribution in [2.24, 2.45) is 0 Å². The second kappa shape index (κ2) is 9.82. The van der Waals surface area contributed by atoms with E-state index < -0.39 is 0 Å². The van der Waals surface area contributed by atoms with E-state index in [1.54, 1.807) is 0 Å². The average molecular weight is 354 g/mol. The van der Waals surface area contributed by atoms with Gasteiger partial charge in [-0.2, -0.15) is 0 Å². The van der Waals surface area contributed by atoms with Crippen molar-refractivity contribution in [3.8, 4) is 0 Å². The average Bonchev–Trinajstić information content (AvgIpc) is 2.65. The number of anilines is 2. The van der Waals surface area contributed by atoms with Crippen LogP contribution in [0.3, 0.4) is 0 Å². The van der Waals surface area contributed by atoms with Gasteiger partial charge < -0.3 is 15.5 Å². The fourth-order valence-electron chi connectivity index (χ4n) is 2.79. The Morgan fingerprint density at radius 2 is 1.54 bits per heavy atom. The number of hydrogen-bond donors (Lipinski definition) is 2. The summed E-state index contributed by atoms with van der Waals surface area (Å²) in [6.07, 6.45) is 0. The minimum Gasteiger partial charge on any atom is -0.376 e. The molecule has 2 rings (SSSR count). The van der Waals surface area contributed by atoms with Gasteiger partial charge in [-0.05, 0) is 36.3 Å². The molecule has 0 aliphatic rings. The van der Waals surface area contributed by atoms with Crippen molar-refractivity contribution >= 4 is 17.4 Å². The molecule has 2 aromatic rings. The summed E-state index contributed by atoms with van der Waals surface area (Å²) in [7, 11) is 3.91. The first-order valence-electron chi connectivity index (χ1n) is 9.14. The van der Waals surface area contributed by atoms with Gasteiger partial charge in [0, 0.05) is 27.2 Å². The Bertz CT molecular complexity index is 693. The van der Waals surface area contributed by atoms with Gasteiger partial charge in [0.2, 0.25) is 0 Å². The fourth-order valence-corrected chi connectivity index (χ4v) is 2.79. The largest absolute Gasteiger partial charge is 0.376 e. The van der Waals surface area contributed by atoms with Crippen LogP contribution in [0.25, 0.3) is 0 Å². The number of nitrogens with zero attached hydrogens (tertiary/aromatic N) is 2. The first-order valence-corrected chi connectivity index (χ1v) is 9.14. The maximum atomic E-state index is 12.2. The van der Waals surface area contributed by atoms with Gasteiger partial charge in [-0.15, -0.1) is 0 Å². The zero-order chi connectivity index (χ0) is 18.9. The molecule has 0 radical (unpaired) electrons. The summed E-state index contributed by atoms with van der Waals surface area (Å²) in [4.78, 5) is 16.6. The zero-order valence-electron chi connectivity index (χ0n) is 16.2. The smallest absolute Gasteiger partial charge is 0.319 e. The van der Waals surface area contributed by atoms with E-state index in [9.17, 15) is 4.79 Å². The number of rotatable bonds is 8. The van der Waals surface area contributed by atoms with Gasteiger partial charge in [0.25, 0.3) is 0 Å². The molecule has 0 bridgehead atoms. The highest BCUT2D eigenvalue weighted by atomic mass is 16.2. The van der Waals surface area contributed by atoms with E-state index >= 15 is 0 Å². The standard InChI is InChI=1S/C21H30N4O/c1-5-25(6-2)16-18-13-11-17(12-14-18)15-22-21(26)23-19-9-7-8-10-20(19)24(3)4/h7-14H,5-6,15-16H2,1-4H3,(H2,22,23,26). The lowest BCUT2D eigenvalue weighted by atomic mass is 10.1. The van der Waals surface area contributed by atoms with Gasteiger partial charge in [0.15, 0.2) is 0 Å². The maximum absolute atomic E-state index is 12.2. The molecular weight excluding hydrogens is 324 g/mol. The summed E-state index contributed by atoms with van der Waals surface area (Å²) in [5.41, 5.74) is 4.15. The third kappa shape index (κ3) is 5.77. The van der Waals surface area contributed by atoms with Crippen molar-refractivity contribution in [2.45, 2.75) is 26.9 Å². The number of carbonyl (C=O) groups excluding carboxylic acids is 1. The number of urea groups is 1.